The van der Waals surface area contributed by atoms with Crippen molar-refractivity contribution in [1.29, 1.82) is 0 Å². The van der Waals surface area contributed by atoms with E-state index >= 15 is 0 Å². The lowest BCUT2D eigenvalue weighted by Crippen LogP contribution is -2.64. The summed E-state index contributed by atoms with van der Waals surface area (Å²) in [5, 5.41) is 114. The van der Waals surface area contributed by atoms with Crippen molar-refractivity contribution in [3.8, 4) is 34.3 Å². The van der Waals surface area contributed by atoms with Gasteiger partial charge in [0, 0.05) is 24.6 Å². The lowest BCUT2D eigenvalue weighted by molar-refractivity contribution is -0.354. The van der Waals surface area contributed by atoms with Gasteiger partial charge < -0.3 is 93.7 Å². The molecule has 0 saturated carbocycles. The van der Waals surface area contributed by atoms with E-state index in [0.717, 1.165) is 19.1 Å². The zero-order valence-electron chi connectivity index (χ0n) is 29.5. The van der Waals surface area contributed by atoms with Gasteiger partial charge in [0.15, 0.2) is 18.2 Å². The summed E-state index contributed by atoms with van der Waals surface area (Å²) in [5.41, 5.74) is -1.35. The molecular formula is C35H42O21. The van der Waals surface area contributed by atoms with Crippen LogP contribution in [0.4, 0.5) is 0 Å². The van der Waals surface area contributed by atoms with E-state index < -0.39 is 134 Å². The predicted molar refractivity (Wildman–Crippen MR) is 181 cm³/mol. The van der Waals surface area contributed by atoms with Crippen molar-refractivity contribution in [2.75, 3.05) is 13.2 Å². The van der Waals surface area contributed by atoms with E-state index in [1.807, 2.05) is 0 Å². The minimum atomic E-state index is -1.98. The van der Waals surface area contributed by atoms with Gasteiger partial charge in [0.2, 0.25) is 23.8 Å². The number of benzene rings is 2. The maximum atomic E-state index is 14.3. The number of fused-ring (bicyclic) bond motifs is 1. The largest absolute Gasteiger partial charge is 0.508 e. The van der Waals surface area contributed by atoms with Crippen LogP contribution in [0, 0.1) is 0 Å². The molecule has 0 bridgehead atoms. The standard InChI is InChI=1S/C35H42O21/c1-11-21(40)25(44)28(47)33(50-11)56-32-27(46)23(42)19(10-49-12(2)37)54-35(32)55-31-24(43)20-16(39)7-15(51-34-29(48)26(45)22(41)18(9-36)53-34)8-17(20)52-30(31)13-3-5-14(38)6-4-13/h3-8,11,18-19,21-23,25-29,32-36,38-42,44-48H,9-10H2,1-2H3/t11-,18-,19+,21+,22-,23+,25-,26+,27-,28-,29+,32+,33+,34-,35-/m1/s1. The van der Waals surface area contributed by atoms with Crippen LogP contribution in [0.2, 0.25) is 0 Å². The molecule has 3 aliphatic rings. The number of phenols is 2. The molecule has 11 N–H and O–H groups in total. The van der Waals surface area contributed by atoms with E-state index in [1.165, 1.54) is 31.2 Å². The molecule has 15 atom stereocenters. The number of carbonyl (C=O) groups excluding carboxylic acids is 1. The van der Waals surface area contributed by atoms with Gasteiger partial charge in [0.1, 0.15) is 95.9 Å². The molecule has 0 radical (unpaired) electrons. The molecule has 56 heavy (non-hydrogen) atoms. The van der Waals surface area contributed by atoms with Crippen molar-refractivity contribution in [1.82, 2.24) is 0 Å². The summed E-state index contributed by atoms with van der Waals surface area (Å²) in [4.78, 5) is 25.9. The van der Waals surface area contributed by atoms with Gasteiger partial charge in [-0.15, -0.1) is 0 Å². The monoisotopic (exact) mass is 798 g/mol. The minimum absolute atomic E-state index is 0.0823. The average Bonchev–Trinajstić information content (AvgIpc) is 3.16. The third kappa shape index (κ3) is 8.13. The van der Waals surface area contributed by atoms with Gasteiger partial charge in [0.05, 0.1) is 12.7 Å². The lowest BCUT2D eigenvalue weighted by Gasteiger charge is -2.45. The lowest BCUT2D eigenvalue weighted by atomic mass is 9.97. The topological polar surface area (TPSA) is 334 Å². The van der Waals surface area contributed by atoms with Crippen LogP contribution in [-0.4, -0.2) is 167 Å². The van der Waals surface area contributed by atoms with Crippen LogP contribution in [0.5, 0.6) is 23.0 Å². The Hall–Kier alpha value is -4.20. The van der Waals surface area contributed by atoms with Crippen LogP contribution >= 0.6 is 0 Å². The van der Waals surface area contributed by atoms with E-state index in [2.05, 4.69) is 0 Å². The van der Waals surface area contributed by atoms with Crippen LogP contribution in [0.1, 0.15) is 13.8 Å². The summed E-state index contributed by atoms with van der Waals surface area (Å²) >= 11 is 0. The van der Waals surface area contributed by atoms with Gasteiger partial charge in [-0.05, 0) is 31.2 Å². The number of rotatable bonds is 10. The number of aliphatic hydroxyl groups is 9. The number of aliphatic hydroxyl groups excluding tert-OH is 9. The second-order valence-corrected chi connectivity index (χ2v) is 13.5. The molecule has 308 valence electrons. The Morgan fingerprint density at radius 3 is 2.02 bits per heavy atom. The maximum Gasteiger partial charge on any atom is 0.302 e. The van der Waals surface area contributed by atoms with Crippen LogP contribution in [0.15, 0.2) is 45.6 Å². The number of hydrogen-bond donors (Lipinski definition) is 11. The minimum Gasteiger partial charge on any atom is -0.508 e. The number of phenolic OH excluding ortho intramolecular Hbond substituents is 2. The van der Waals surface area contributed by atoms with Crippen molar-refractivity contribution in [3.63, 3.8) is 0 Å². The van der Waals surface area contributed by atoms with Gasteiger partial charge in [-0.2, -0.15) is 0 Å². The fourth-order valence-corrected chi connectivity index (χ4v) is 6.41. The van der Waals surface area contributed by atoms with E-state index in [1.54, 1.807) is 0 Å². The van der Waals surface area contributed by atoms with E-state index in [-0.39, 0.29) is 28.4 Å². The smallest absolute Gasteiger partial charge is 0.302 e. The number of carbonyl (C=O) groups is 1. The molecular weight excluding hydrogens is 756 g/mol. The highest BCUT2D eigenvalue weighted by molar-refractivity contribution is 5.88. The number of ether oxygens (including phenoxy) is 7. The van der Waals surface area contributed by atoms with Crippen LogP contribution in [0.3, 0.4) is 0 Å². The molecule has 0 amide bonds. The van der Waals surface area contributed by atoms with Gasteiger partial charge >= 0.3 is 5.97 Å². The van der Waals surface area contributed by atoms with Crippen LogP contribution in [0.25, 0.3) is 22.3 Å². The Bertz CT molecular complexity index is 1900. The van der Waals surface area contributed by atoms with E-state index in [9.17, 15) is 65.8 Å². The van der Waals surface area contributed by atoms with Crippen molar-refractivity contribution in [2.45, 2.75) is 106 Å². The first-order valence-electron chi connectivity index (χ1n) is 17.3. The zero-order valence-corrected chi connectivity index (χ0v) is 29.5. The summed E-state index contributed by atoms with van der Waals surface area (Å²) in [5.74, 6) is -3.11. The fraction of sp³-hybridized carbons (Fsp3) is 0.543. The van der Waals surface area contributed by atoms with E-state index in [0.29, 0.717) is 0 Å². The molecule has 4 heterocycles. The maximum absolute atomic E-state index is 14.3. The van der Waals surface area contributed by atoms with Gasteiger partial charge in [-0.3, -0.25) is 9.59 Å². The Balaban J connectivity index is 1.42. The third-order valence-electron chi connectivity index (χ3n) is 9.57. The predicted octanol–water partition coefficient (Wildman–Crippen LogP) is -3.35. The van der Waals surface area contributed by atoms with Crippen LogP contribution < -0.4 is 14.9 Å². The fourth-order valence-electron chi connectivity index (χ4n) is 6.41. The molecule has 21 heteroatoms. The van der Waals surface area contributed by atoms with Gasteiger partial charge in [0.25, 0.3) is 0 Å². The highest BCUT2D eigenvalue weighted by Crippen LogP contribution is 2.39. The Morgan fingerprint density at radius 1 is 0.732 bits per heavy atom. The van der Waals surface area contributed by atoms with Crippen LogP contribution in [-0.2, 0) is 28.5 Å². The molecule has 0 unspecified atom stereocenters. The zero-order chi connectivity index (χ0) is 40.7. The first kappa shape index (κ1) is 41.4. The molecule has 3 fully saturated rings. The molecule has 1 aromatic heterocycles. The molecule has 6 rings (SSSR count). The Kier molecular flexibility index (Phi) is 12.4. The average molecular weight is 799 g/mol. The normalized spacial score (nSPS) is 36.2. The summed E-state index contributed by atoms with van der Waals surface area (Å²) in [6.07, 6.45) is -25.6. The number of esters is 1. The van der Waals surface area contributed by atoms with Crippen molar-refractivity contribution in [3.05, 3.63) is 46.6 Å². The Morgan fingerprint density at radius 2 is 1.36 bits per heavy atom. The highest BCUT2D eigenvalue weighted by Gasteiger charge is 2.52. The first-order chi connectivity index (χ1) is 26.5. The van der Waals surface area contributed by atoms with Crippen molar-refractivity contribution in [2.24, 2.45) is 0 Å². The van der Waals surface area contributed by atoms with Gasteiger partial charge in [-0.1, -0.05) is 0 Å². The van der Waals surface area contributed by atoms with E-state index in [4.69, 9.17) is 37.6 Å². The third-order valence-corrected chi connectivity index (χ3v) is 9.57. The van der Waals surface area contributed by atoms with Gasteiger partial charge in [-0.25, -0.2) is 0 Å². The first-order valence-corrected chi connectivity index (χ1v) is 17.3. The van der Waals surface area contributed by atoms with Crippen molar-refractivity contribution >= 4 is 16.9 Å². The molecule has 0 spiro atoms. The quantitative estimate of drug-likeness (QED) is 0.0893. The second-order valence-electron chi connectivity index (χ2n) is 13.5. The summed E-state index contributed by atoms with van der Waals surface area (Å²) in [6.45, 7) is 1.06. The summed E-state index contributed by atoms with van der Waals surface area (Å²) in [6, 6.07) is 7.14. The molecule has 2 aromatic carbocycles. The summed E-state index contributed by atoms with van der Waals surface area (Å²) in [7, 11) is 0. The summed E-state index contributed by atoms with van der Waals surface area (Å²) < 4.78 is 45.2. The number of aromatic hydroxyl groups is 2. The molecule has 3 aromatic rings. The molecule has 3 aliphatic heterocycles. The second kappa shape index (κ2) is 16.7. The SMILES string of the molecule is CC(=O)OC[C@@H]1O[C@H](Oc2c(-c3ccc(O)cc3)oc3cc(O[C@@H]4O[C@H](CO)[C@@H](O)[C@H](O)[C@@H]4O)cc(O)c3c2=O)[C@@H](O[C@@H]2O[C@H](C)[C@H](O)[C@@H](O)[C@H]2O)[C@H](O)[C@H]1O. The Labute approximate surface area is 315 Å². The molecule has 21 nitrogen and oxygen atoms in total. The van der Waals surface area contributed by atoms with Crippen molar-refractivity contribution < 1.29 is 98.5 Å². The molecule has 0 aliphatic carbocycles. The highest BCUT2D eigenvalue weighted by atomic mass is 16.8. The number of hydrogen-bond acceptors (Lipinski definition) is 21. The molecule has 3 saturated heterocycles.